The first-order chi connectivity index (χ1) is 8.44. The molecule has 1 aromatic carbocycles. The number of ether oxygens (including phenoxy) is 1. The molecule has 0 saturated heterocycles. The van der Waals surface area contributed by atoms with Gasteiger partial charge in [-0.1, -0.05) is 19.9 Å². The molecule has 1 aromatic rings. The number of alkyl halides is 2. The zero-order valence-electron chi connectivity index (χ0n) is 10.7. The Labute approximate surface area is 106 Å². The summed E-state index contributed by atoms with van der Waals surface area (Å²) >= 11 is 0. The van der Waals surface area contributed by atoms with Crippen LogP contribution in [0.1, 0.15) is 33.1 Å². The molecule has 0 heterocycles. The third-order valence-electron chi connectivity index (χ3n) is 3.40. The van der Waals surface area contributed by atoms with E-state index in [1.807, 2.05) is 6.07 Å². The minimum absolute atomic E-state index is 0.201. The van der Waals surface area contributed by atoms with Gasteiger partial charge in [0.15, 0.2) is 0 Å². The van der Waals surface area contributed by atoms with E-state index in [2.05, 4.69) is 23.9 Å². The maximum atomic E-state index is 12.1. The van der Waals surface area contributed by atoms with E-state index in [0.29, 0.717) is 11.5 Å². The number of anilines is 1. The molecule has 0 bridgehead atoms. The number of benzene rings is 1. The topological polar surface area (TPSA) is 21.3 Å². The number of hydrogen-bond donors (Lipinski definition) is 1. The van der Waals surface area contributed by atoms with Crippen LogP contribution in [0.15, 0.2) is 24.3 Å². The van der Waals surface area contributed by atoms with E-state index in [-0.39, 0.29) is 5.75 Å². The molecule has 0 radical (unpaired) electrons. The molecule has 2 rings (SSSR count). The Morgan fingerprint density at radius 2 is 2.17 bits per heavy atom. The first kappa shape index (κ1) is 13.1. The zero-order chi connectivity index (χ0) is 13.2. The third kappa shape index (κ3) is 3.59. The largest absolute Gasteiger partial charge is 0.435 e. The molecule has 1 atom stereocenters. The smallest absolute Gasteiger partial charge is 0.387 e. The van der Waals surface area contributed by atoms with Gasteiger partial charge in [-0.25, -0.2) is 0 Å². The van der Waals surface area contributed by atoms with Crippen LogP contribution in [0.2, 0.25) is 0 Å². The standard InChI is InChI=1S/C14H19F2NO/c1-14(2)7-6-11(9-14)17-10-4-3-5-12(8-10)18-13(15)16/h3-5,8,11,13,17H,6-7,9H2,1-2H3. The van der Waals surface area contributed by atoms with Gasteiger partial charge in [0.2, 0.25) is 0 Å². The molecular formula is C14H19F2NO. The van der Waals surface area contributed by atoms with Gasteiger partial charge < -0.3 is 10.1 Å². The van der Waals surface area contributed by atoms with Gasteiger partial charge in [0.1, 0.15) is 5.75 Å². The van der Waals surface area contributed by atoms with Crippen molar-refractivity contribution in [3.63, 3.8) is 0 Å². The highest BCUT2D eigenvalue weighted by molar-refractivity contribution is 5.49. The highest BCUT2D eigenvalue weighted by Gasteiger charge is 2.30. The highest BCUT2D eigenvalue weighted by atomic mass is 19.3. The second-order valence-corrected chi connectivity index (χ2v) is 5.65. The van der Waals surface area contributed by atoms with E-state index >= 15 is 0 Å². The van der Waals surface area contributed by atoms with Gasteiger partial charge in [0, 0.05) is 17.8 Å². The van der Waals surface area contributed by atoms with Gasteiger partial charge in [-0.2, -0.15) is 8.78 Å². The summed E-state index contributed by atoms with van der Waals surface area (Å²) < 4.78 is 28.6. The fraction of sp³-hybridized carbons (Fsp3) is 0.571. The molecule has 0 spiro atoms. The molecule has 1 aliphatic carbocycles. The van der Waals surface area contributed by atoms with Crippen LogP contribution in [0.5, 0.6) is 5.75 Å². The molecule has 0 amide bonds. The van der Waals surface area contributed by atoms with Crippen molar-refractivity contribution >= 4 is 5.69 Å². The average molecular weight is 255 g/mol. The van der Waals surface area contributed by atoms with Crippen molar-refractivity contribution in [2.75, 3.05) is 5.32 Å². The van der Waals surface area contributed by atoms with Gasteiger partial charge >= 0.3 is 6.61 Å². The van der Waals surface area contributed by atoms with Crippen LogP contribution in [0.25, 0.3) is 0 Å². The monoisotopic (exact) mass is 255 g/mol. The lowest BCUT2D eigenvalue weighted by Gasteiger charge is -2.19. The molecule has 1 saturated carbocycles. The SMILES string of the molecule is CC1(C)CCC(Nc2cccc(OC(F)F)c2)C1. The van der Waals surface area contributed by atoms with Crippen molar-refractivity contribution in [1.82, 2.24) is 0 Å². The summed E-state index contributed by atoms with van der Waals surface area (Å²) in [6, 6.07) is 7.18. The zero-order valence-corrected chi connectivity index (χ0v) is 10.7. The van der Waals surface area contributed by atoms with Crippen molar-refractivity contribution in [2.24, 2.45) is 5.41 Å². The molecule has 1 unspecified atom stereocenters. The summed E-state index contributed by atoms with van der Waals surface area (Å²) in [6.45, 7) is 1.74. The maximum absolute atomic E-state index is 12.1. The predicted molar refractivity (Wildman–Crippen MR) is 68.1 cm³/mol. The van der Waals surface area contributed by atoms with Crippen LogP contribution in [-0.4, -0.2) is 12.7 Å². The fourth-order valence-corrected chi connectivity index (χ4v) is 2.56. The molecule has 1 aliphatic rings. The van der Waals surface area contributed by atoms with Crippen molar-refractivity contribution in [1.29, 1.82) is 0 Å². The van der Waals surface area contributed by atoms with Gasteiger partial charge in [-0.15, -0.1) is 0 Å². The van der Waals surface area contributed by atoms with Crippen LogP contribution in [0.4, 0.5) is 14.5 Å². The van der Waals surface area contributed by atoms with Gasteiger partial charge in [0.05, 0.1) is 0 Å². The summed E-state index contributed by atoms with van der Waals surface area (Å²) in [4.78, 5) is 0. The molecular weight excluding hydrogens is 236 g/mol. The van der Waals surface area contributed by atoms with Gasteiger partial charge in [-0.3, -0.25) is 0 Å². The second-order valence-electron chi connectivity index (χ2n) is 5.65. The van der Waals surface area contributed by atoms with E-state index in [1.54, 1.807) is 12.1 Å². The fourth-order valence-electron chi connectivity index (χ4n) is 2.56. The van der Waals surface area contributed by atoms with Crippen molar-refractivity contribution in [3.05, 3.63) is 24.3 Å². The Balaban J connectivity index is 1.97. The lowest BCUT2D eigenvalue weighted by molar-refractivity contribution is -0.0498. The minimum atomic E-state index is -2.77. The quantitative estimate of drug-likeness (QED) is 0.867. The van der Waals surface area contributed by atoms with Crippen LogP contribution < -0.4 is 10.1 Å². The summed E-state index contributed by atoms with van der Waals surface area (Å²) in [5.41, 5.74) is 1.21. The Morgan fingerprint density at radius 3 is 2.78 bits per heavy atom. The number of hydrogen-bond acceptors (Lipinski definition) is 2. The maximum Gasteiger partial charge on any atom is 0.387 e. The average Bonchev–Trinajstić information content (AvgIpc) is 2.57. The second kappa shape index (κ2) is 5.12. The van der Waals surface area contributed by atoms with Gasteiger partial charge in [0.25, 0.3) is 0 Å². The first-order valence-corrected chi connectivity index (χ1v) is 6.26. The summed E-state index contributed by atoms with van der Waals surface area (Å²) in [7, 11) is 0. The van der Waals surface area contributed by atoms with E-state index in [0.717, 1.165) is 18.5 Å². The lowest BCUT2D eigenvalue weighted by atomic mass is 9.92. The first-order valence-electron chi connectivity index (χ1n) is 6.26. The highest BCUT2D eigenvalue weighted by Crippen LogP contribution is 2.38. The van der Waals surface area contributed by atoms with Crippen molar-refractivity contribution in [3.8, 4) is 5.75 Å². The number of halogens is 2. The summed E-state index contributed by atoms with van der Waals surface area (Å²) in [5.74, 6) is 0.201. The lowest BCUT2D eigenvalue weighted by Crippen LogP contribution is -2.17. The normalized spacial score (nSPS) is 22.2. The van der Waals surface area contributed by atoms with Crippen LogP contribution in [0, 0.1) is 5.41 Å². The molecule has 0 aliphatic heterocycles. The molecule has 100 valence electrons. The Kier molecular flexibility index (Phi) is 3.73. The van der Waals surface area contributed by atoms with E-state index in [1.165, 1.54) is 12.5 Å². The van der Waals surface area contributed by atoms with Crippen molar-refractivity contribution < 1.29 is 13.5 Å². The van der Waals surface area contributed by atoms with E-state index in [9.17, 15) is 8.78 Å². The van der Waals surface area contributed by atoms with Crippen LogP contribution in [-0.2, 0) is 0 Å². The molecule has 1 N–H and O–H groups in total. The van der Waals surface area contributed by atoms with Crippen LogP contribution >= 0.6 is 0 Å². The molecule has 18 heavy (non-hydrogen) atoms. The minimum Gasteiger partial charge on any atom is -0.435 e. The molecule has 1 fully saturated rings. The van der Waals surface area contributed by atoms with E-state index < -0.39 is 6.61 Å². The Morgan fingerprint density at radius 1 is 1.39 bits per heavy atom. The van der Waals surface area contributed by atoms with E-state index in [4.69, 9.17) is 0 Å². The van der Waals surface area contributed by atoms with Gasteiger partial charge in [-0.05, 0) is 36.8 Å². The van der Waals surface area contributed by atoms with Crippen LogP contribution in [0.3, 0.4) is 0 Å². The summed E-state index contributed by atoms with van der Waals surface area (Å²) in [5, 5.41) is 3.39. The van der Waals surface area contributed by atoms with Crippen molar-refractivity contribution in [2.45, 2.75) is 45.8 Å². The third-order valence-corrected chi connectivity index (χ3v) is 3.40. The molecule has 2 nitrogen and oxygen atoms in total. The predicted octanol–water partition coefficient (Wildman–Crippen LogP) is 4.28. The molecule has 0 aromatic heterocycles. The number of rotatable bonds is 4. The Bertz CT molecular complexity index is 407. The summed E-state index contributed by atoms with van der Waals surface area (Å²) in [6.07, 6.45) is 3.41. The Hall–Kier alpha value is -1.32. The molecule has 4 heteroatoms. The number of nitrogens with one attached hydrogen (secondary N) is 1.